The molecule has 1 aliphatic rings. The molecule has 0 amide bonds. The molecule has 7 nitrogen and oxygen atoms in total. The molecule has 18 heavy (non-hydrogen) atoms. The van der Waals surface area contributed by atoms with Gasteiger partial charge in [-0.15, -0.1) is 0 Å². The van der Waals surface area contributed by atoms with Crippen molar-refractivity contribution in [1.29, 1.82) is 0 Å². The van der Waals surface area contributed by atoms with E-state index in [0.29, 0.717) is 32.7 Å². The average molecular weight is 273 g/mol. The summed E-state index contributed by atoms with van der Waals surface area (Å²) in [7, 11) is -3.31. The fourth-order valence-electron chi connectivity index (χ4n) is 1.87. The highest BCUT2D eigenvalue weighted by atomic mass is 32.2. The quantitative estimate of drug-likeness (QED) is 0.585. The molecule has 8 heteroatoms. The standard InChI is InChI=1S/C10H19N5O2S/c16-18(17,15-8-6-11-7-9-15)14-3-1-2-10-12-4-5-13-10/h4-5,11,14H,1-3,6-9H2,(H,12,13). The van der Waals surface area contributed by atoms with E-state index in [4.69, 9.17) is 0 Å². The molecule has 0 unspecified atom stereocenters. The zero-order valence-electron chi connectivity index (χ0n) is 10.2. The number of hydrogen-bond donors (Lipinski definition) is 3. The van der Waals surface area contributed by atoms with Crippen LogP contribution in [0.4, 0.5) is 0 Å². The van der Waals surface area contributed by atoms with Crippen LogP contribution >= 0.6 is 0 Å². The fraction of sp³-hybridized carbons (Fsp3) is 0.700. The molecule has 1 aromatic heterocycles. The maximum absolute atomic E-state index is 11.9. The number of H-pyrrole nitrogens is 1. The summed E-state index contributed by atoms with van der Waals surface area (Å²) >= 11 is 0. The number of hydrogen-bond acceptors (Lipinski definition) is 4. The van der Waals surface area contributed by atoms with Gasteiger partial charge in [0.25, 0.3) is 10.2 Å². The minimum Gasteiger partial charge on any atom is -0.349 e. The molecule has 0 atom stereocenters. The lowest BCUT2D eigenvalue weighted by molar-refractivity contribution is 0.354. The van der Waals surface area contributed by atoms with Gasteiger partial charge in [-0.1, -0.05) is 0 Å². The summed E-state index contributed by atoms with van der Waals surface area (Å²) in [5.74, 6) is 0.886. The van der Waals surface area contributed by atoms with Crippen LogP contribution in [-0.2, 0) is 16.6 Å². The molecule has 0 aromatic carbocycles. The first kappa shape index (κ1) is 13.5. The largest absolute Gasteiger partial charge is 0.349 e. The highest BCUT2D eigenvalue weighted by Crippen LogP contribution is 2.00. The predicted molar refractivity (Wildman–Crippen MR) is 68.3 cm³/mol. The summed E-state index contributed by atoms with van der Waals surface area (Å²) in [6, 6.07) is 0. The van der Waals surface area contributed by atoms with Crippen molar-refractivity contribution in [3.8, 4) is 0 Å². The smallest absolute Gasteiger partial charge is 0.279 e. The Morgan fingerprint density at radius 2 is 2.17 bits per heavy atom. The Hall–Kier alpha value is -0.960. The van der Waals surface area contributed by atoms with E-state index in [1.54, 1.807) is 12.4 Å². The van der Waals surface area contributed by atoms with Crippen molar-refractivity contribution in [2.75, 3.05) is 32.7 Å². The van der Waals surface area contributed by atoms with E-state index < -0.39 is 10.2 Å². The van der Waals surface area contributed by atoms with Crippen molar-refractivity contribution < 1.29 is 8.42 Å². The highest BCUT2D eigenvalue weighted by Gasteiger charge is 2.22. The second kappa shape index (κ2) is 6.28. The molecule has 1 saturated heterocycles. The Labute approximate surface area is 107 Å². The van der Waals surface area contributed by atoms with Crippen LogP contribution in [0, 0.1) is 0 Å². The van der Waals surface area contributed by atoms with Crippen LogP contribution in [0.2, 0.25) is 0 Å². The lowest BCUT2D eigenvalue weighted by Crippen LogP contribution is -2.50. The number of nitrogens with zero attached hydrogens (tertiary/aromatic N) is 2. The SMILES string of the molecule is O=S(=O)(NCCCc1ncc[nH]1)N1CCNCC1. The number of imidazole rings is 1. The fourth-order valence-corrected chi connectivity index (χ4v) is 3.12. The van der Waals surface area contributed by atoms with Gasteiger partial charge in [0.05, 0.1) is 0 Å². The van der Waals surface area contributed by atoms with E-state index in [0.717, 1.165) is 18.7 Å². The first-order valence-corrected chi connectivity index (χ1v) is 7.56. The molecule has 3 N–H and O–H groups in total. The molecule has 0 aliphatic carbocycles. The molecule has 0 spiro atoms. The third-order valence-electron chi connectivity index (χ3n) is 2.85. The molecule has 0 bridgehead atoms. The monoisotopic (exact) mass is 273 g/mol. The Balaban J connectivity index is 1.71. The van der Waals surface area contributed by atoms with Gasteiger partial charge >= 0.3 is 0 Å². The van der Waals surface area contributed by atoms with Crippen molar-refractivity contribution in [3.05, 3.63) is 18.2 Å². The molecule has 102 valence electrons. The normalized spacial score (nSPS) is 18.0. The van der Waals surface area contributed by atoms with Crippen LogP contribution in [0.15, 0.2) is 12.4 Å². The summed E-state index contributed by atoms with van der Waals surface area (Å²) < 4.78 is 27.9. The summed E-state index contributed by atoms with van der Waals surface area (Å²) in [6.07, 6.45) is 4.94. The van der Waals surface area contributed by atoms with Crippen LogP contribution in [0.25, 0.3) is 0 Å². The summed E-state index contributed by atoms with van der Waals surface area (Å²) in [6.45, 7) is 2.94. The van der Waals surface area contributed by atoms with E-state index in [-0.39, 0.29) is 0 Å². The zero-order valence-corrected chi connectivity index (χ0v) is 11.0. The minimum absolute atomic E-state index is 0.437. The van der Waals surface area contributed by atoms with Crippen LogP contribution in [-0.4, -0.2) is 55.4 Å². The van der Waals surface area contributed by atoms with Gasteiger partial charge in [0, 0.05) is 51.5 Å². The number of aromatic amines is 1. The van der Waals surface area contributed by atoms with Gasteiger partial charge in [-0.3, -0.25) is 0 Å². The molecule has 1 aromatic rings. The van der Waals surface area contributed by atoms with Gasteiger partial charge in [-0.05, 0) is 6.42 Å². The van der Waals surface area contributed by atoms with Crippen LogP contribution in [0.5, 0.6) is 0 Å². The van der Waals surface area contributed by atoms with E-state index >= 15 is 0 Å². The third-order valence-corrected chi connectivity index (χ3v) is 4.46. The molecule has 2 rings (SSSR count). The second-order valence-electron chi connectivity index (χ2n) is 4.19. The third kappa shape index (κ3) is 3.77. The van der Waals surface area contributed by atoms with Crippen LogP contribution < -0.4 is 10.0 Å². The first-order chi connectivity index (χ1) is 8.68. The predicted octanol–water partition coefficient (Wildman–Crippen LogP) is -0.918. The molecule has 0 saturated carbocycles. The maximum Gasteiger partial charge on any atom is 0.279 e. The Morgan fingerprint density at radius 3 is 2.83 bits per heavy atom. The Bertz CT molecular complexity index is 439. The van der Waals surface area contributed by atoms with Crippen molar-refractivity contribution in [3.63, 3.8) is 0 Å². The molecule has 1 fully saturated rings. The van der Waals surface area contributed by atoms with Crippen molar-refractivity contribution in [2.45, 2.75) is 12.8 Å². The number of nitrogens with one attached hydrogen (secondary N) is 3. The van der Waals surface area contributed by atoms with Crippen molar-refractivity contribution >= 4 is 10.2 Å². The highest BCUT2D eigenvalue weighted by molar-refractivity contribution is 7.87. The average Bonchev–Trinajstić information content (AvgIpc) is 2.89. The first-order valence-electron chi connectivity index (χ1n) is 6.12. The number of piperazine rings is 1. The topological polar surface area (TPSA) is 90.1 Å². The van der Waals surface area contributed by atoms with E-state index in [1.165, 1.54) is 4.31 Å². The van der Waals surface area contributed by atoms with Gasteiger partial charge in [0.2, 0.25) is 0 Å². The number of rotatable bonds is 6. The van der Waals surface area contributed by atoms with Gasteiger partial charge in [-0.25, -0.2) is 9.71 Å². The van der Waals surface area contributed by atoms with E-state index in [2.05, 4.69) is 20.0 Å². The van der Waals surface area contributed by atoms with E-state index in [1.807, 2.05) is 0 Å². The second-order valence-corrected chi connectivity index (χ2v) is 5.94. The van der Waals surface area contributed by atoms with Gasteiger partial charge in [0.1, 0.15) is 5.82 Å². The lowest BCUT2D eigenvalue weighted by Gasteiger charge is -2.26. The zero-order chi connectivity index (χ0) is 12.8. The number of aryl methyl sites for hydroxylation is 1. The minimum atomic E-state index is -3.31. The molecule has 2 heterocycles. The molecular formula is C10H19N5O2S. The van der Waals surface area contributed by atoms with Gasteiger partial charge in [-0.2, -0.15) is 12.7 Å². The van der Waals surface area contributed by atoms with E-state index in [9.17, 15) is 8.42 Å². The summed E-state index contributed by atoms with van der Waals surface area (Å²) in [5, 5.41) is 3.13. The van der Waals surface area contributed by atoms with Crippen LogP contribution in [0.3, 0.4) is 0 Å². The van der Waals surface area contributed by atoms with Crippen molar-refractivity contribution in [1.82, 2.24) is 24.3 Å². The summed E-state index contributed by atoms with van der Waals surface area (Å²) in [4.78, 5) is 7.08. The van der Waals surface area contributed by atoms with Crippen LogP contribution in [0.1, 0.15) is 12.2 Å². The van der Waals surface area contributed by atoms with Gasteiger partial charge in [0.15, 0.2) is 0 Å². The number of aromatic nitrogens is 2. The lowest BCUT2D eigenvalue weighted by atomic mass is 10.3. The molecule has 1 aliphatic heterocycles. The Morgan fingerprint density at radius 1 is 1.39 bits per heavy atom. The maximum atomic E-state index is 11.9. The Kier molecular flexibility index (Phi) is 4.70. The molecular weight excluding hydrogens is 254 g/mol. The van der Waals surface area contributed by atoms with Crippen molar-refractivity contribution in [2.24, 2.45) is 0 Å². The molecule has 0 radical (unpaired) electrons. The van der Waals surface area contributed by atoms with Gasteiger partial charge < -0.3 is 10.3 Å². The summed E-state index contributed by atoms with van der Waals surface area (Å²) in [5.41, 5.74) is 0.